The second-order valence-corrected chi connectivity index (χ2v) is 5.49. The summed E-state index contributed by atoms with van der Waals surface area (Å²) in [5.41, 5.74) is 1.17. The summed E-state index contributed by atoms with van der Waals surface area (Å²) in [6.07, 6.45) is 3.23. The zero-order chi connectivity index (χ0) is 12.4. The van der Waals surface area contributed by atoms with Crippen molar-refractivity contribution >= 4 is 15.9 Å². The molecule has 4 nitrogen and oxygen atoms in total. The van der Waals surface area contributed by atoms with Crippen LogP contribution in [0.1, 0.15) is 32.0 Å². The molecule has 0 spiro atoms. The van der Waals surface area contributed by atoms with Crippen molar-refractivity contribution in [1.82, 2.24) is 15.1 Å². The molecule has 1 aliphatic rings. The molecule has 2 heterocycles. The third kappa shape index (κ3) is 2.56. The molecule has 1 aromatic heterocycles. The zero-order valence-corrected chi connectivity index (χ0v) is 12.2. The average Bonchev–Trinajstić information content (AvgIpc) is 2.84. The molecule has 0 aliphatic carbocycles. The fourth-order valence-electron chi connectivity index (χ4n) is 2.50. The monoisotopic (exact) mass is 301 g/mol. The predicted octanol–water partition coefficient (Wildman–Crippen LogP) is 2.26. The second-order valence-electron chi connectivity index (χ2n) is 4.64. The van der Waals surface area contributed by atoms with Gasteiger partial charge in [0.05, 0.1) is 28.5 Å². The summed E-state index contributed by atoms with van der Waals surface area (Å²) < 4.78 is 8.86. The van der Waals surface area contributed by atoms with Gasteiger partial charge < -0.3 is 10.1 Å². The van der Waals surface area contributed by atoms with E-state index < -0.39 is 0 Å². The number of likely N-dealkylation sites (N-methyl/N-ethyl adjacent to an activating group) is 1. The van der Waals surface area contributed by atoms with Crippen molar-refractivity contribution in [3.05, 3.63) is 16.4 Å². The fourth-order valence-corrected chi connectivity index (χ4v) is 3.10. The smallest absolute Gasteiger partial charge is 0.0811 e. The van der Waals surface area contributed by atoms with Crippen molar-refractivity contribution in [3.8, 4) is 0 Å². The van der Waals surface area contributed by atoms with Crippen molar-refractivity contribution in [2.75, 3.05) is 13.2 Å². The van der Waals surface area contributed by atoms with Crippen LogP contribution >= 0.6 is 15.9 Å². The Labute approximate surface area is 111 Å². The van der Waals surface area contributed by atoms with Gasteiger partial charge in [0, 0.05) is 13.7 Å². The summed E-state index contributed by atoms with van der Waals surface area (Å²) in [6, 6.07) is 0.208. The molecule has 1 aliphatic heterocycles. The predicted molar refractivity (Wildman–Crippen MR) is 70.8 cm³/mol. The molecule has 1 N–H and O–H groups in total. The van der Waals surface area contributed by atoms with Gasteiger partial charge in [-0.3, -0.25) is 4.68 Å². The Hall–Kier alpha value is -0.390. The first-order chi connectivity index (χ1) is 8.15. The van der Waals surface area contributed by atoms with E-state index in [9.17, 15) is 0 Å². The standard InChI is InChI=1S/C12H20BrN3O/c1-4-14-10(12-8(2)5-6-17-12)11-9(13)7-15-16(11)3/h7-8,10,12,14H,4-6H2,1-3H3. The number of aromatic nitrogens is 2. The molecule has 2 rings (SSSR count). The summed E-state index contributed by atoms with van der Waals surface area (Å²) in [5.74, 6) is 0.584. The van der Waals surface area contributed by atoms with Crippen LogP contribution in [0, 0.1) is 5.92 Å². The van der Waals surface area contributed by atoms with Gasteiger partial charge in [-0.1, -0.05) is 13.8 Å². The molecule has 0 bridgehead atoms. The molecule has 1 fully saturated rings. The van der Waals surface area contributed by atoms with Gasteiger partial charge >= 0.3 is 0 Å². The minimum absolute atomic E-state index is 0.208. The summed E-state index contributed by atoms with van der Waals surface area (Å²) in [5, 5.41) is 7.81. The summed E-state index contributed by atoms with van der Waals surface area (Å²) in [6.45, 7) is 6.17. The van der Waals surface area contributed by atoms with E-state index in [2.05, 4.69) is 40.2 Å². The molecular weight excluding hydrogens is 282 g/mol. The first kappa shape index (κ1) is 13.1. The lowest BCUT2D eigenvalue weighted by molar-refractivity contribution is 0.0585. The van der Waals surface area contributed by atoms with Crippen LogP contribution in [0.3, 0.4) is 0 Å². The maximum absolute atomic E-state index is 5.89. The van der Waals surface area contributed by atoms with Crippen molar-refractivity contribution < 1.29 is 4.74 Å². The van der Waals surface area contributed by atoms with Crippen molar-refractivity contribution in [3.63, 3.8) is 0 Å². The van der Waals surface area contributed by atoms with Crippen LogP contribution in [0.5, 0.6) is 0 Å². The fraction of sp³-hybridized carbons (Fsp3) is 0.750. The van der Waals surface area contributed by atoms with E-state index in [1.807, 2.05) is 17.9 Å². The summed E-state index contributed by atoms with van der Waals surface area (Å²) in [4.78, 5) is 0. The Morgan fingerprint density at radius 1 is 1.71 bits per heavy atom. The van der Waals surface area contributed by atoms with E-state index in [4.69, 9.17) is 4.74 Å². The van der Waals surface area contributed by atoms with Gasteiger partial charge in [-0.25, -0.2) is 0 Å². The van der Waals surface area contributed by atoms with Gasteiger partial charge in [0.25, 0.3) is 0 Å². The molecule has 17 heavy (non-hydrogen) atoms. The Kier molecular flexibility index (Phi) is 4.22. The van der Waals surface area contributed by atoms with Crippen LogP contribution in [0.15, 0.2) is 10.7 Å². The summed E-state index contributed by atoms with van der Waals surface area (Å²) in [7, 11) is 1.98. The number of rotatable bonds is 4. The number of ether oxygens (including phenoxy) is 1. The van der Waals surface area contributed by atoms with E-state index in [0.29, 0.717) is 5.92 Å². The van der Waals surface area contributed by atoms with Crippen LogP contribution < -0.4 is 5.32 Å². The van der Waals surface area contributed by atoms with Gasteiger partial charge in [0.15, 0.2) is 0 Å². The Morgan fingerprint density at radius 3 is 2.94 bits per heavy atom. The second kappa shape index (κ2) is 5.50. The molecule has 1 saturated heterocycles. The Bertz CT molecular complexity index is 360. The maximum Gasteiger partial charge on any atom is 0.0811 e. The van der Waals surface area contributed by atoms with Gasteiger partial charge in [-0.15, -0.1) is 0 Å². The highest BCUT2D eigenvalue weighted by atomic mass is 79.9. The normalized spacial score (nSPS) is 26.4. The maximum atomic E-state index is 5.89. The van der Waals surface area contributed by atoms with Gasteiger partial charge in [-0.2, -0.15) is 5.10 Å². The van der Waals surface area contributed by atoms with E-state index in [1.165, 1.54) is 5.69 Å². The number of hydrogen-bond acceptors (Lipinski definition) is 3. The molecule has 3 unspecified atom stereocenters. The third-order valence-corrected chi connectivity index (χ3v) is 4.04. The SMILES string of the molecule is CCNC(c1c(Br)cnn1C)C1OCCC1C. The van der Waals surface area contributed by atoms with E-state index in [-0.39, 0.29) is 12.1 Å². The van der Waals surface area contributed by atoms with Gasteiger partial charge in [-0.05, 0) is 34.8 Å². The number of nitrogens with zero attached hydrogens (tertiary/aromatic N) is 2. The zero-order valence-electron chi connectivity index (χ0n) is 10.6. The number of hydrogen-bond donors (Lipinski definition) is 1. The highest BCUT2D eigenvalue weighted by molar-refractivity contribution is 9.10. The summed E-state index contributed by atoms with van der Waals surface area (Å²) >= 11 is 3.58. The van der Waals surface area contributed by atoms with Crippen molar-refractivity contribution in [2.45, 2.75) is 32.4 Å². The number of aryl methyl sites for hydroxylation is 1. The lowest BCUT2D eigenvalue weighted by Crippen LogP contribution is -2.36. The third-order valence-electron chi connectivity index (χ3n) is 3.43. The molecule has 0 radical (unpaired) electrons. The van der Waals surface area contributed by atoms with Crippen LogP contribution in [0.25, 0.3) is 0 Å². The number of nitrogens with one attached hydrogen (secondary N) is 1. The minimum atomic E-state index is 0.208. The average molecular weight is 302 g/mol. The molecule has 1 aromatic rings. The van der Waals surface area contributed by atoms with Crippen LogP contribution in [0.4, 0.5) is 0 Å². The molecule has 3 atom stereocenters. The molecular formula is C12H20BrN3O. The highest BCUT2D eigenvalue weighted by Gasteiger charge is 2.35. The molecule has 0 aromatic carbocycles. The van der Waals surface area contributed by atoms with Crippen molar-refractivity contribution in [1.29, 1.82) is 0 Å². The molecule has 96 valence electrons. The van der Waals surface area contributed by atoms with Crippen LogP contribution in [0.2, 0.25) is 0 Å². The lowest BCUT2D eigenvalue weighted by Gasteiger charge is -2.27. The van der Waals surface area contributed by atoms with E-state index in [0.717, 1.165) is 24.0 Å². The Morgan fingerprint density at radius 2 is 2.47 bits per heavy atom. The largest absolute Gasteiger partial charge is 0.376 e. The van der Waals surface area contributed by atoms with E-state index >= 15 is 0 Å². The van der Waals surface area contributed by atoms with Crippen LogP contribution in [-0.2, 0) is 11.8 Å². The molecule has 0 saturated carbocycles. The van der Waals surface area contributed by atoms with Gasteiger partial charge in [0.2, 0.25) is 0 Å². The minimum Gasteiger partial charge on any atom is -0.376 e. The molecule has 5 heteroatoms. The first-order valence-corrected chi connectivity index (χ1v) is 6.96. The van der Waals surface area contributed by atoms with Crippen molar-refractivity contribution in [2.24, 2.45) is 13.0 Å². The topological polar surface area (TPSA) is 39.1 Å². The first-order valence-electron chi connectivity index (χ1n) is 6.17. The Balaban J connectivity index is 2.28. The quantitative estimate of drug-likeness (QED) is 0.927. The lowest BCUT2D eigenvalue weighted by atomic mass is 9.95. The highest BCUT2D eigenvalue weighted by Crippen LogP contribution is 2.34. The van der Waals surface area contributed by atoms with Crippen LogP contribution in [-0.4, -0.2) is 29.0 Å². The number of halogens is 1. The van der Waals surface area contributed by atoms with E-state index in [1.54, 1.807) is 0 Å². The molecule has 0 amide bonds. The van der Waals surface area contributed by atoms with Gasteiger partial charge in [0.1, 0.15) is 0 Å².